The Labute approximate surface area is 337 Å². The molecule has 2 heterocycles. The first-order chi connectivity index (χ1) is 27.6. The van der Waals surface area contributed by atoms with Gasteiger partial charge < -0.3 is 57.0 Å². The Morgan fingerprint density at radius 1 is 0.966 bits per heavy atom. The molecule has 0 aliphatic carbocycles. The van der Waals surface area contributed by atoms with Gasteiger partial charge in [0.15, 0.2) is 6.04 Å². The molecule has 6 atom stereocenters. The van der Waals surface area contributed by atoms with Crippen LogP contribution >= 0.6 is 0 Å². The number of benzene rings is 2. The van der Waals surface area contributed by atoms with E-state index < -0.39 is 84.6 Å². The lowest BCUT2D eigenvalue weighted by Crippen LogP contribution is -2.60. The highest BCUT2D eigenvalue weighted by atomic mass is 19.1. The minimum absolute atomic E-state index is 0.0270. The maximum atomic E-state index is 14.8. The zero-order valence-electron chi connectivity index (χ0n) is 33.4. The Kier molecular flexibility index (Phi) is 17.1. The standard InChI is InChI=1S/C41H58FN7O9/c1-24(2)58-41(56)36(25(3)50)47-39(54)37-34(57-23-35(51)52)13-16-49(37)40(55)32(46-38(53)31(45)18-26-9-8-10-27(17-26)21-44)19-28-22-48(15-7-5-4-6-14-43)33-12-11-29(42)20-30(28)33/h8-12,17,20,22,24-25,31-32,34,36-37,50H,4-7,13-16,18-19,21,23,43-45H2,1-3H3,(H,46,53)(H,47,54)(H,51,52)/t25-,31+,32+,34+,36+,37?/m1/s1. The molecule has 318 valence electrons. The summed E-state index contributed by atoms with van der Waals surface area (Å²) in [6.07, 6.45) is 2.30. The highest BCUT2D eigenvalue weighted by Crippen LogP contribution is 2.28. The number of aryl methyl sites for hydroxylation is 1. The monoisotopic (exact) mass is 811 g/mol. The van der Waals surface area contributed by atoms with Crippen LogP contribution in [0.25, 0.3) is 10.9 Å². The predicted octanol–water partition coefficient (Wildman–Crippen LogP) is 1.24. The van der Waals surface area contributed by atoms with E-state index in [1.807, 2.05) is 22.9 Å². The molecular weight excluding hydrogens is 753 g/mol. The van der Waals surface area contributed by atoms with Gasteiger partial charge in [0.2, 0.25) is 17.7 Å². The molecular formula is C41H58FN7O9. The number of hydrogen-bond acceptors (Lipinski definition) is 11. The molecule has 0 bridgehead atoms. The molecule has 58 heavy (non-hydrogen) atoms. The molecule has 1 unspecified atom stereocenters. The molecule has 1 aromatic heterocycles. The van der Waals surface area contributed by atoms with Crippen LogP contribution in [0, 0.1) is 5.82 Å². The summed E-state index contributed by atoms with van der Waals surface area (Å²) in [7, 11) is 0. The molecule has 2 aromatic carbocycles. The highest BCUT2D eigenvalue weighted by Gasteiger charge is 2.46. The van der Waals surface area contributed by atoms with E-state index in [9.17, 15) is 38.6 Å². The number of hydrogen-bond donors (Lipinski definition) is 7. The average Bonchev–Trinajstić information content (AvgIpc) is 3.75. The van der Waals surface area contributed by atoms with E-state index in [0.717, 1.165) is 47.2 Å². The quantitative estimate of drug-likeness (QED) is 0.0559. The number of aliphatic hydroxyl groups excluding tert-OH is 1. The van der Waals surface area contributed by atoms with Crippen molar-refractivity contribution in [2.75, 3.05) is 19.7 Å². The van der Waals surface area contributed by atoms with Gasteiger partial charge in [0.1, 0.15) is 24.5 Å². The molecule has 0 radical (unpaired) electrons. The van der Waals surface area contributed by atoms with Gasteiger partial charge in [-0.1, -0.05) is 37.1 Å². The smallest absolute Gasteiger partial charge is 0.331 e. The highest BCUT2D eigenvalue weighted by molar-refractivity contribution is 5.96. The lowest BCUT2D eigenvalue weighted by Gasteiger charge is -2.32. The summed E-state index contributed by atoms with van der Waals surface area (Å²) in [5, 5.41) is 25.6. The van der Waals surface area contributed by atoms with Crippen molar-refractivity contribution in [2.24, 2.45) is 17.2 Å². The summed E-state index contributed by atoms with van der Waals surface area (Å²) in [5.41, 5.74) is 20.7. The van der Waals surface area contributed by atoms with Crippen LogP contribution in [0.15, 0.2) is 48.7 Å². The van der Waals surface area contributed by atoms with Crippen molar-refractivity contribution in [1.29, 1.82) is 0 Å². The number of aromatic nitrogens is 1. The number of aliphatic hydroxyl groups is 1. The SMILES string of the molecule is CC(C)OC(=O)[C@@H](NC(=O)C1[C@@H](OCC(=O)O)CCN1C(=O)[C@H](Cc1cn(CCCCCCN)c2ccc(F)cc12)NC(=O)[C@@H](N)Cc1cccc(CN)c1)[C@@H](C)O. The predicted molar refractivity (Wildman–Crippen MR) is 213 cm³/mol. The number of esters is 1. The molecule has 1 aliphatic rings. The van der Waals surface area contributed by atoms with Crippen LogP contribution in [0.5, 0.6) is 0 Å². The minimum atomic E-state index is -1.53. The number of ether oxygens (including phenoxy) is 2. The fourth-order valence-corrected chi connectivity index (χ4v) is 7.20. The van der Waals surface area contributed by atoms with E-state index in [-0.39, 0.29) is 32.4 Å². The van der Waals surface area contributed by atoms with Crippen molar-refractivity contribution >= 4 is 40.6 Å². The van der Waals surface area contributed by atoms with Crippen molar-refractivity contribution in [3.05, 3.63) is 71.2 Å². The van der Waals surface area contributed by atoms with Gasteiger partial charge in [-0.2, -0.15) is 0 Å². The number of aliphatic carboxylic acids is 1. The van der Waals surface area contributed by atoms with Gasteiger partial charge in [-0.3, -0.25) is 14.4 Å². The molecule has 4 rings (SSSR count). The molecule has 0 spiro atoms. The Bertz CT molecular complexity index is 1890. The second-order valence-electron chi connectivity index (χ2n) is 15.0. The summed E-state index contributed by atoms with van der Waals surface area (Å²) in [6, 6.07) is 6.16. The fraction of sp³-hybridized carbons (Fsp3) is 0.537. The topological polar surface area (TPSA) is 255 Å². The first-order valence-electron chi connectivity index (χ1n) is 19.8. The van der Waals surface area contributed by atoms with Gasteiger partial charge >= 0.3 is 11.9 Å². The number of nitrogens with zero attached hydrogens (tertiary/aromatic N) is 2. The number of carboxylic acid groups (broad SMARTS) is 1. The van der Waals surface area contributed by atoms with Crippen LogP contribution in [0.2, 0.25) is 0 Å². The van der Waals surface area contributed by atoms with Crippen molar-refractivity contribution in [3.63, 3.8) is 0 Å². The van der Waals surface area contributed by atoms with Gasteiger partial charge in [0, 0.05) is 43.2 Å². The van der Waals surface area contributed by atoms with Crippen LogP contribution in [0.3, 0.4) is 0 Å². The summed E-state index contributed by atoms with van der Waals surface area (Å²) >= 11 is 0. The van der Waals surface area contributed by atoms with Gasteiger partial charge in [-0.05, 0) is 87.9 Å². The third-order valence-corrected chi connectivity index (χ3v) is 10.0. The van der Waals surface area contributed by atoms with Crippen molar-refractivity contribution < 1.29 is 48.0 Å². The number of halogens is 1. The largest absolute Gasteiger partial charge is 0.480 e. The lowest BCUT2D eigenvalue weighted by atomic mass is 10.0. The van der Waals surface area contributed by atoms with Crippen LogP contribution < -0.4 is 27.8 Å². The van der Waals surface area contributed by atoms with E-state index >= 15 is 0 Å². The Morgan fingerprint density at radius 2 is 1.69 bits per heavy atom. The zero-order valence-corrected chi connectivity index (χ0v) is 33.4. The molecule has 0 saturated carbocycles. The number of nitrogens with one attached hydrogen (secondary N) is 2. The number of unbranched alkanes of at least 4 members (excludes halogenated alkanes) is 3. The third-order valence-electron chi connectivity index (χ3n) is 10.0. The lowest BCUT2D eigenvalue weighted by molar-refractivity contribution is -0.156. The minimum Gasteiger partial charge on any atom is -0.480 e. The number of amides is 3. The van der Waals surface area contributed by atoms with Gasteiger partial charge in [0.25, 0.3) is 0 Å². The fourth-order valence-electron chi connectivity index (χ4n) is 7.20. The Morgan fingerprint density at radius 3 is 2.36 bits per heavy atom. The van der Waals surface area contributed by atoms with E-state index in [2.05, 4.69) is 10.6 Å². The van der Waals surface area contributed by atoms with E-state index in [1.165, 1.54) is 19.1 Å². The van der Waals surface area contributed by atoms with E-state index in [4.69, 9.17) is 26.7 Å². The number of likely N-dealkylation sites (tertiary alicyclic amines) is 1. The van der Waals surface area contributed by atoms with Gasteiger partial charge in [-0.25, -0.2) is 14.0 Å². The Hall–Kier alpha value is -4.94. The van der Waals surface area contributed by atoms with Crippen molar-refractivity contribution in [2.45, 2.75) is 121 Å². The Balaban J connectivity index is 1.71. The average molecular weight is 812 g/mol. The number of carbonyl (C=O) groups excluding carboxylic acids is 4. The molecule has 3 amide bonds. The zero-order chi connectivity index (χ0) is 42.5. The summed E-state index contributed by atoms with van der Waals surface area (Å²) < 4.78 is 27.6. The van der Waals surface area contributed by atoms with Crippen LogP contribution in [0.4, 0.5) is 4.39 Å². The molecule has 17 heteroatoms. The number of rotatable bonds is 22. The van der Waals surface area contributed by atoms with Crippen LogP contribution in [-0.2, 0) is 59.4 Å². The third kappa shape index (κ3) is 12.5. The number of nitrogens with two attached hydrogens (primary N) is 3. The van der Waals surface area contributed by atoms with Crippen molar-refractivity contribution in [3.8, 4) is 0 Å². The molecule has 3 aromatic rings. The molecule has 16 nitrogen and oxygen atoms in total. The van der Waals surface area contributed by atoms with Crippen molar-refractivity contribution in [1.82, 2.24) is 20.1 Å². The van der Waals surface area contributed by atoms with Crippen LogP contribution in [0.1, 0.15) is 69.6 Å². The summed E-state index contributed by atoms with van der Waals surface area (Å²) in [4.78, 5) is 68.3. The van der Waals surface area contributed by atoms with Crippen LogP contribution in [-0.4, -0.2) is 112 Å². The van der Waals surface area contributed by atoms with E-state index in [0.29, 0.717) is 24.0 Å². The maximum Gasteiger partial charge on any atom is 0.331 e. The van der Waals surface area contributed by atoms with E-state index in [1.54, 1.807) is 32.0 Å². The molecule has 1 aliphatic heterocycles. The first kappa shape index (κ1) is 45.8. The maximum absolute atomic E-state index is 14.8. The molecule has 1 fully saturated rings. The summed E-state index contributed by atoms with van der Waals surface area (Å²) in [5.74, 6) is -5.05. The second kappa shape index (κ2) is 21.7. The van der Waals surface area contributed by atoms with Gasteiger partial charge in [0.05, 0.1) is 24.4 Å². The molecule has 10 N–H and O–H groups in total. The summed E-state index contributed by atoms with van der Waals surface area (Å²) in [6.45, 7) is 5.07. The molecule has 1 saturated heterocycles. The normalized spacial score (nSPS) is 17.5. The number of carbonyl (C=O) groups is 5. The second-order valence-corrected chi connectivity index (χ2v) is 15.0. The first-order valence-corrected chi connectivity index (χ1v) is 19.8. The number of fused-ring (bicyclic) bond motifs is 1. The number of carboxylic acids is 1. The van der Waals surface area contributed by atoms with Gasteiger partial charge in [-0.15, -0.1) is 0 Å².